The molecule has 0 aromatic heterocycles. The second-order valence-corrected chi connectivity index (χ2v) is 6.33. The molecule has 0 spiro atoms. The second kappa shape index (κ2) is 6.32. The van der Waals surface area contributed by atoms with Gasteiger partial charge in [0.25, 0.3) is 0 Å². The number of aliphatic hydroxyl groups excluding tert-OH is 1. The highest BCUT2D eigenvalue weighted by Crippen LogP contribution is 2.32. The van der Waals surface area contributed by atoms with Crippen LogP contribution in [-0.2, 0) is 0 Å². The van der Waals surface area contributed by atoms with Crippen molar-refractivity contribution in [1.29, 1.82) is 0 Å². The largest absolute Gasteiger partial charge is 0.389 e. The van der Waals surface area contributed by atoms with Gasteiger partial charge in [0.05, 0.1) is 6.10 Å². The molecule has 0 aliphatic carbocycles. The molecule has 1 N–H and O–H groups in total. The Labute approximate surface area is 126 Å². The van der Waals surface area contributed by atoms with Crippen molar-refractivity contribution in [3.05, 3.63) is 29.6 Å². The predicted octanol–water partition coefficient (Wildman–Crippen LogP) is 2.94. The molecule has 2 heterocycles. The van der Waals surface area contributed by atoms with Gasteiger partial charge in [0.15, 0.2) is 0 Å². The number of benzene rings is 1. The van der Waals surface area contributed by atoms with Gasteiger partial charge in [0.1, 0.15) is 5.82 Å². The maximum Gasteiger partial charge on any atom is 0.131 e. The van der Waals surface area contributed by atoms with Gasteiger partial charge in [0.2, 0.25) is 0 Å². The number of aliphatic hydroxyl groups is 1. The average Bonchev–Trinajstić information content (AvgIpc) is 2.97. The van der Waals surface area contributed by atoms with Crippen molar-refractivity contribution in [1.82, 2.24) is 4.90 Å². The molecule has 2 aliphatic heterocycles. The van der Waals surface area contributed by atoms with Crippen LogP contribution in [0.4, 0.5) is 10.1 Å². The van der Waals surface area contributed by atoms with Gasteiger partial charge >= 0.3 is 0 Å². The van der Waals surface area contributed by atoms with Crippen LogP contribution >= 0.6 is 0 Å². The van der Waals surface area contributed by atoms with Crippen LogP contribution in [0.2, 0.25) is 0 Å². The number of hydrogen-bond acceptors (Lipinski definition) is 3. The number of nitrogens with zero attached hydrogens (tertiary/aromatic N) is 2. The lowest BCUT2D eigenvalue weighted by Crippen LogP contribution is -2.41. The minimum absolute atomic E-state index is 0.302. The maximum absolute atomic E-state index is 14.0. The van der Waals surface area contributed by atoms with Gasteiger partial charge < -0.3 is 10.0 Å². The Kier molecular flexibility index (Phi) is 4.45. The highest BCUT2D eigenvalue weighted by atomic mass is 19.1. The van der Waals surface area contributed by atoms with Crippen LogP contribution in [0.5, 0.6) is 0 Å². The minimum atomic E-state index is -0.768. The van der Waals surface area contributed by atoms with Crippen LogP contribution in [0, 0.1) is 5.82 Å². The standard InChI is InChI=1S/C17H25FN2O/c1-13(21)17-15(18)6-5-7-16(17)20-11-8-14(12-20)19-9-3-2-4-10-19/h5-7,13-14,21H,2-4,8-12H2,1H3/t13-,14?/m0/s1. The molecule has 1 aromatic carbocycles. The fourth-order valence-corrected chi connectivity index (χ4v) is 3.76. The fraction of sp³-hybridized carbons (Fsp3) is 0.647. The first-order valence-corrected chi connectivity index (χ1v) is 8.12. The van der Waals surface area contributed by atoms with Gasteiger partial charge in [-0.1, -0.05) is 12.5 Å². The number of likely N-dealkylation sites (tertiary alicyclic amines) is 1. The van der Waals surface area contributed by atoms with Crippen LogP contribution < -0.4 is 4.90 Å². The topological polar surface area (TPSA) is 26.7 Å². The summed E-state index contributed by atoms with van der Waals surface area (Å²) in [5.41, 5.74) is 1.31. The van der Waals surface area contributed by atoms with E-state index < -0.39 is 6.10 Å². The van der Waals surface area contributed by atoms with E-state index in [9.17, 15) is 9.50 Å². The molecule has 3 nitrogen and oxygen atoms in total. The van der Waals surface area contributed by atoms with Gasteiger partial charge in [0, 0.05) is 30.4 Å². The number of hydrogen-bond donors (Lipinski definition) is 1. The molecule has 3 rings (SSSR count). The summed E-state index contributed by atoms with van der Waals surface area (Å²) < 4.78 is 14.0. The van der Waals surface area contributed by atoms with Crippen molar-refractivity contribution in [2.45, 2.75) is 44.8 Å². The Balaban J connectivity index is 1.75. The monoisotopic (exact) mass is 292 g/mol. The predicted molar refractivity (Wildman–Crippen MR) is 83.1 cm³/mol. The first-order valence-electron chi connectivity index (χ1n) is 8.12. The Hall–Kier alpha value is -1.13. The highest BCUT2D eigenvalue weighted by Gasteiger charge is 2.30. The van der Waals surface area contributed by atoms with Crippen molar-refractivity contribution in [2.24, 2.45) is 0 Å². The van der Waals surface area contributed by atoms with E-state index in [1.807, 2.05) is 6.07 Å². The summed E-state index contributed by atoms with van der Waals surface area (Å²) in [4.78, 5) is 4.83. The molecule has 1 unspecified atom stereocenters. The van der Waals surface area contributed by atoms with Crippen molar-refractivity contribution >= 4 is 5.69 Å². The Morgan fingerprint density at radius 3 is 2.67 bits per heavy atom. The molecule has 0 saturated carbocycles. The van der Waals surface area contributed by atoms with E-state index >= 15 is 0 Å². The molecule has 2 atom stereocenters. The van der Waals surface area contributed by atoms with Crippen LogP contribution in [0.3, 0.4) is 0 Å². The smallest absolute Gasteiger partial charge is 0.131 e. The molecule has 2 fully saturated rings. The second-order valence-electron chi connectivity index (χ2n) is 6.33. The van der Waals surface area contributed by atoms with E-state index in [0.717, 1.165) is 25.2 Å². The van der Waals surface area contributed by atoms with E-state index in [-0.39, 0.29) is 5.82 Å². The summed E-state index contributed by atoms with van der Waals surface area (Å²) in [6.45, 7) is 5.93. The molecule has 116 valence electrons. The van der Waals surface area contributed by atoms with Crippen molar-refractivity contribution in [2.75, 3.05) is 31.1 Å². The summed E-state index contributed by atoms with van der Waals surface area (Å²) in [5, 5.41) is 9.88. The van der Waals surface area contributed by atoms with E-state index in [0.29, 0.717) is 11.6 Å². The Bertz CT molecular complexity index is 486. The first-order chi connectivity index (χ1) is 10.2. The van der Waals surface area contributed by atoms with Crippen molar-refractivity contribution in [3.63, 3.8) is 0 Å². The normalized spacial score (nSPS) is 25.3. The SMILES string of the molecule is C[C@H](O)c1c(F)cccc1N1CCC(N2CCCCC2)C1. The van der Waals surface area contributed by atoms with E-state index in [2.05, 4.69) is 9.80 Å². The van der Waals surface area contributed by atoms with Gasteiger partial charge in [-0.3, -0.25) is 4.90 Å². The van der Waals surface area contributed by atoms with Crippen LogP contribution in [0.25, 0.3) is 0 Å². The number of halogens is 1. The summed E-state index contributed by atoms with van der Waals surface area (Å²) in [6.07, 6.45) is 4.32. The number of piperidine rings is 1. The third-order valence-electron chi connectivity index (χ3n) is 4.86. The van der Waals surface area contributed by atoms with Crippen LogP contribution in [0.1, 0.15) is 44.3 Å². The molecule has 1 aromatic rings. The zero-order chi connectivity index (χ0) is 14.8. The molecule has 21 heavy (non-hydrogen) atoms. The molecule has 0 bridgehead atoms. The molecular weight excluding hydrogens is 267 g/mol. The van der Waals surface area contributed by atoms with Gasteiger partial charge in [-0.15, -0.1) is 0 Å². The lowest BCUT2D eigenvalue weighted by Gasteiger charge is -2.32. The third kappa shape index (κ3) is 3.06. The van der Waals surface area contributed by atoms with Gasteiger partial charge in [-0.05, 0) is 51.4 Å². The Morgan fingerprint density at radius 2 is 1.95 bits per heavy atom. The summed E-state index contributed by atoms with van der Waals surface area (Å²) in [5.74, 6) is -0.302. The Morgan fingerprint density at radius 1 is 1.19 bits per heavy atom. The number of anilines is 1. The van der Waals surface area contributed by atoms with Gasteiger partial charge in [-0.25, -0.2) is 4.39 Å². The molecular formula is C17H25FN2O. The average molecular weight is 292 g/mol. The van der Waals surface area contributed by atoms with E-state index in [1.54, 1.807) is 13.0 Å². The van der Waals surface area contributed by atoms with Crippen molar-refractivity contribution < 1.29 is 9.50 Å². The van der Waals surface area contributed by atoms with E-state index in [1.165, 1.54) is 38.4 Å². The maximum atomic E-state index is 14.0. The summed E-state index contributed by atoms with van der Waals surface area (Å²) in [7, 11) is 0. The van der Waals surface area contributed by atoms with Crippen LogP contribution in [0.15, 0.2) is 18.2 Å². The molecule has 0 amide bonds. The number of rotatable bonds is 3. The zero-order valence-electron chi connectivity index (χ0n) is 12.8. The zero-order valence-corrected chi connectivity index (χ0v) is 12.8. The lowest BCUT2D eigenvalue weighted by atomic mass is 10.1. The summed E-state index contributed by atoms with van der Waals surface area (Å²) in [6, 6.07) is 5.69. The lowest BCUT2D eigenvalue weighted by molar-refractivity contribution is 0.174. The first kappa shape index (κ1) is 14.8. The molecule has 4 heteroatoms. The third-order valence-corrected chi connectivity index (χ3v) is 4.86. The minimum Gasteiger partial charge on any atom is -0.389 e. The fourth-order valence-electron chi connectivity index (χ4n) is 3.76. The van der Waals surface area contributed by atoms with E-state index in [4.69, 9.17) is 0 Å². The molecule has 2 aliphatic rings. The summed E-state index contributed by atoms with van der Waals surface area (Å²) >= 11 is 0. The van der Waals surface area contributed by atoms with Gasteiger partial charge in [-0.2, -0.15) is 0 Å². The highest BCUT2D eigenvalue weighted by molar-refractivity contribution is 5.56. The van der Waals surface area contributed by atoms with Crippen LogP contribution in [-0.4, -0.2) is 42.2 Å². The van der Waals surface area contributed by atoms with Crippen molar-refractivity contribution in [3.8, 4) is 0 Å². The molecule has 0 radical (unpaired) electrons. The quantitative estimate of drug-likeness (QED) is 0.928. The molecule has 2 saturated heterocycles.